The third kappa shape index (κ3) is 2.32. The summed E-state index contributed by atoms with van der Waals surface area (Å²) in [7, 11) is 0. The Hall–Kier alpha value is -1.59. The van der Waals surface area contributed by atoms with E-state index in [0.29, 0.717) is 0 Å². The van der Waals surface area contributed by atoms with Crippen molar-refractivity contribution in [1.29, 1.82) is 0 Å². The van der Waals surface area contributed by atoms with Crippen molar-refractivity contribution in [2.75, 3.05) is 0 Å². The molecule has 0 amide bonds. The summed E-state index contributed by atoms with van der Waals surface area (Å²) in [6, 6.07) is 4.74. The SMILES string of the molecule is Cl.N[C@@H](Cn1ccc2cccnc21)C(=O)O. The fraction of sp³-hybridized carbons (Fsp3) is 0.200. The van der Waals surface area contributed by atoms with E-state index in [-0.39, 0.29) is 19.0 Å². The Balaban J connectivity index is 0.00000128. The summed E-state index contributed by atoms with van der Waals surface area (Å²) in [4.78, 5) is 14.8. The predicted molar refractivity (Wildman–Crippen MR) is 62.6 cm³/mol. The molecule has 0 radical (unpaired) electrons. The molecular weight excluding hydrogens is 230 g/mol. The number of fused-ring (bicyclic) bond motifs is 1. The number of carboxylic acid groups (broad SMARTS) is 1. The third-order valence-electron chi connectivity index (χ3n) is 2.23. The highest BCUT2D eigenvalue weighted by Gasteiger charge is 2.13. The molecule has 0 unspecified atom stereocenters. The van der Waals surface area contributed by atoms with Gasteiger partial charge in [-0.2, -0.15) is 0 Å². The number of nitrogens with two attached hydrogens (primary N) is 1. The molecule has 2 rings (SSSR count). The minimum absolute atomic E-state index is 0. The predicted octanol–water partition coefficient (Wildman–Crippen LogP) is 0.870. The van der Waals surface area contributed by atoms with E-state index >= 15 is 0 Å². The summed E-state index contributed by atoms with van der Waals surface area (Å²) in [6.45, 7) is 0.232. The van der Waals surface area contributed by atoms with Crippen LogP contribution in [0.1, 0.15) is 0 Å². The minimum atomic E-state index is -1.01. The maximum Gasteiger partial charge on any atom is 0.322 e. The van der Waals surface area contributed by atoms with Gasteiger partial charge in [0.05, 0.1) is 0 Å². The lowest BCUT2D eigenvalue weighted by Gasteiger charge is -2.08. The van der Waals surface area contributed by atoms with Crippen molar-refractivity contribution in [3.05, 3.63) is 30.6 Å². The van der Waals surface area contributed by atoms with E-state index in [0.717, 1.165) is 11.0 Å². The summed E-state index contributed by atoms with van der Waals surface area (Å²) >= 11 is 0. The van der Waals surface area contributed by atoms with Gasteiger partial charge in [0, 0.05) is 24.3 Å². The largest absolute Gasteiger partial charge is 0.480 e. The van der Waals surface area contributed by atoms with Gasteiger partial charge in [0.25, 0.3) is 0 Å². The number of carbonyl (C=O) groups is 1. The highest BCUT2D eigenvalue weighted by molar-refractivity contribution is 5.85. The zero-order chi connectivity index (χ0) is 10.8. The molecule has 0 aliphatic carbocycles. The van der Waals surface area contributed by atoms with Crippen LogP contribution in [0.4, 0.5) is 0 Å². The zero-order valence-electron chi connectivity index (χ0n) is 8.41. The molecule has 2 heterocycles. The molecule has 16 heavy (non-hydrogen) atoms. The average Bonchev–Trinajstić information content (AvgIpc) is 2.62. The molecule has 5 nitrogen and oxygen atoms in total. The first-order chi connectivity index (χ1) is 7.18. The number of nitrogens with zero attached hydrogens (tertiary/aromatic N) is 2. The van der Waals surface area contributed by atoms with E-state index in [9.17, 15) is 4.79 Å². The van der Waals surface area contributed by atoms with Crippen LogP contribution in [0.15, 0.2) is 30.6 Å². The van der Waals surface area contributed by atoms with Gasteiger partial charge >= 0.3 is 5.97 Å². The highest BCUT2D eigenvalue weighted by Crippen LogP contribution is 2.12. The van der Waals surface area contributed by atoms with Crippen LogP contribution in [0, 0.1) is 0 Å². The standard InChI is InChI=1S/C10H11N3O2.ClH/c11-8(10(14)15)6-13-5-3-7-2-1-4-12-9(7)13;/h1-5,8H,6,11H2,(H,14,15);1H/t8-;/m0./s1. The van der Waals surface area contributed by atoms with Crippen LogP contribution in [0.25, 0.3) is 11.0 Å². The lowest BCUT2D eigenvalue weighted by Crippen LogP contribution is -2.34. The number of aliphatic carboxylic acids is 1. The molecule has 0 saturated heterocycles. The van der Waals surface area contributed by atoms with E-state index in [1.165, 1.54) is 0 Å². The van der Waals surface area contributed by atoms with Gasteiger partial charge < -0.3 is 15.4 Å². The van der Waals surface area contributed by atoms with E-state index in [1.807, 2.05) is 18.2 Å². The van der Waals surface area contributed by atoms with Gasteiger partial charge in [-0.25, -0.2) is 4.98 Å². The summed E-state index contributed by atoms with van der Waals surface area (Å²) in [5.74, 6) is -1.01. The molecule has 2 aromatic rings. The molecule has 0 bridgehead atoms. The van der Waals surface area contributed by atoms with Gasteiger partial charge in [0.1, 0.15) is 11.7 Å². The Bertz CT molecular complexity index is 498. The van der Waals surface area contributed by atoms with Gasteiger partial charge in [-0.15, -0.1) is 12.4 Å². The maximum atomic E-state index is 10.6. The lowest BCUT2D eigenvalue weighted by molar-refractivity contribution is -0.138. The van der Waals surface area contributed by atoms with Gasteiger partial charge in [0.2, 0.25) is 0 Å². The van der Waals surface area contributed by atoms with Crippen LogP contribution in [0.5, 0.6) is 0 Å². The molecule has 0 saturated carbocycles. The Morgan fingerprint density at radius 3 is 3.00 bits per heavy atom. The van der Waals surface area contributed by atoms with Gasteiger partial charge in [-0.1, -0.05) is 0 Å². The molecule has 3 N–H and O–H groups in total. The number of rotatable bonds is 3. The van der Waals surface area contributed by atoms with Crippen molar-refractivity contribution < 1.29 is 9.90 Å². The summed E-state index contributed by atoms with van der Waals surface area (Å²) < 4.78 is 1.74. The number of hydrogen-bond donors (Lipinski definition) is 2. The van der Waals surface area contributed by atoms with Crippen LogP contribution < -0.4 is 5.73 Å². The molecule has 0 aliphatic rings. The second-order valence-electron chi connectivity index (χ2n) is 3.33. The van der Waals surface area contributed by atoms with Crippen molar-refractivity contribution in [3.8, 4) is 0 Å². The van der Waals surface area contributed by atoms with Gasteiger partial charge in [-0.3, -0.25) is 4.79 Å². The van der Waals surface area contributed by atoms with Crippen molar-refractivity contribution in [2.24, 2.45) is 5.73 Å². The highest BCUT2D eigenvalue weighted by atomic mass is 35.5. The number of pyridine rings is 1. The molecular formula is C10H12ClN3O2. The Kier molecular flexibility index (Phi) is 3.87. The van der Waals surface area contributed by atoms with Crippen molar-refractivity contribution >= 4 is 29.4 Å². The monoisotopic (exact) mass is 241 g/mol. The van der Waals surface area contributed by atoms with Crippen molar-refractivity contribution in [2.45, 2.75) is 12.6 Å². The first-order valence-corrected chi connectivity index (χ1v) is 4.57. The van der Waals surface area contributed by atoms with Crippen LogP contribution in [0.3, 0.4) is 0 Å². The van der Waals surface area contributed by atoms with Gasteiger partial charge in [-0.05, 0) is 18.2 Å². The van der Waals surface area contributed by atoms with Crippen molar-refractivity contribution in [3.63, 3.8) is 0 Å². The van der Waals surface area contributed by atoms with Crippen LogP contribution in [0.2, 0.25) is 0 Å². The number of hydrogen-bond acceptors (Lipinski definition) is 3. The number of aromatic nitrogens is 2. The molecule has 86 valence electrons. The summed E-state index contributed by atoms with van der Waals surface area (Å²) in [6.07, 6.45) is 3.46. The second kappa shape index (κ2) is 4.96. The smallest absolute Gasteiger partial charge is 0.322 e. The maximum absolute atomic E-state index is 10.6. The first kappa shape index (κ1) is 12.5. The summed E-state index contributed by atoms with van der Waals surface area (Å²) in [5, 5.41) is 9.68. The molecule has 2 aromatic heterocycles. The number of carboxylic acids is 1. The molecule has 0 aromatic carbocycles. The first-order valence-electron chi connectivity index (χ1n) is 4.57. The zero-order valence-corrected chi connectivity index (χ0v) is 9.22. The topological polar surface area (TPSA) is 81.1 Å². The Labute approximate surface area is 98.3 Å². The van der Waals surface area contributed by atoms with E-state index in [2.05, 4.69) is 4.98 Å². The molecule has 0 aliphatic heterocycles. The fourth-order valence-electron chi connectivity index (χ4n) is 1.46. The van der Waals surface area contributed by atoms with E-state index in [1.54, 1.807) is 17.0 Å². The lowest BCUT2D eigenvalue weighted by atomic mass is 10.3. The summed E-state index contributed by atoms with van der Waals surface area (Å²) in [5.41, 5.74) is 6.21. The third-order valence-corrected chi connectivity index (χ3v) is 2.23. The Morgan fingerprint density at radius 1 is 1.56 bits per heavy atom. The average molecular weight is 242 g/mol. The molecule has 1 atom stereocenters. The van der Waals surface area contributed by atoms with Crippen LogP contribution in [-0.4, -0.2) is 26.7 Å². The van der Waals surface area contributed by atoms with Crippen molar-refractivity contribution in [1.82, 2.24) is 9.55 Å². The van der Waals surface area contributed by atoms with E-state index in [4.69, 9.17) is 10.8 Å². The van der Waals surface area contributed by atoms with Crippen LogP contribution >= 0.6 is 12.4 Å². The second-order valence-corrected chi connectivity index (χ2v) is 3.33. The molecule has 6 heteroatoms. The fourth-order valence-corrected chi connectivity index (χ4v) is 1.46. The normalized spacial score (nSPS) is 12.1. The molecule has 0 spiro atoms. The minimum Gasteiger partial charge on any atom is -0.480 e. The molecule has 0 fully saturated rings. The van der Waals surface area contributed by atoms with Crippen LogP contribution in [-0.2, 0) is 11.3 Å². The Morgan fingerprint density at radius 2 is 2.31 bits per heavy atom. The number of halogens is 1. The quantitative estimate of drug-likeness (QED) is 0.836. The van der Waals surface area contributed by atoms with Gasteiger partial charge in [0.15, 0.2) is 0 Å². The van der Waals surface area contributed by atoms with E-state index < -0.39 is 12.0 Å².